The Morgan fingerprint density at radius 3 is 2.80 bits per heavy atom. The predicted octanol–water partition coefficient (Wildman–Crippen LogP) is 2.22. The highest BCUT2D eigenvalue weighted by Gasteiger charge is 2.01. The van der Waals surface area contributed by atoms with Crippen LogP contribution < -0.4 is 10.4 Å². The topological polar surface area (TPSA) is 55.0 Å². The smallest absolute Gasteiger partial charge is 0.345 e. The SMILES string of the molecule is O=c1ncc(Oc2ccccc2Cl)c[nH]1. The standard InChI is InChI=1S/C10H7ClN2O2/c11-8-3-1-2-4-9(8)15-7-5-12-10(14)13-6-7/h1-6H,(H,12,13,14). The van der Waals surface area contributed by atoms with Crippen LogP contribution in [0.3, 0.4) is 0 Å². The average molecular weight is 223 g/mol. The molecule has 0 unspecified atom stereocenters. The fourth-order valence-electron chi connectivity index (χ4n) is 1.04. The molecule has 0 aliphatic heterocycles. The van der Waals surface area contributed by atoms with E-state index in [9.17, 15) is 4.79 Å². The molecule has 0 saturated heterocycles. The highest BCUT2D eigenvalue weighted by atomic mass is 35.5. The fraction of sp³-hybridized carbons (Fsp3) is 0. The van der Waals surface area contributed by atoms with Crippen LogP contribution in [0.15, 0.2) is 41.5 Å². The first-order chi connectivity index (χ1) is 7.25. The van der Waals surface area contributed by atoms with E-state index in [0.717, 1.165) is 0 Å². The molecule has 15 heavy (non-hydrogen) atoms. The van der Waals surface area contributed by atoms with E-state index in [1.54, 1.807) is 24.3 Å². The number of rotatable bonds is 2. The number of nitrogens with one attached hydrogen (secondary N) is 1. The third kappa shape index (κ3) is 2.35. The van der Waals surface area contributed by atoms with Crippen LogP contribution in [-0.2, 0) is 0 Å². The molecule has 1 N–H and O–H groups in total. The summed E-state index contributed by atoms with van der Waals surface area (Å²) >= 11 is 5.89. The van der Waals surface area contributed by atoms with E-state index in [-0.39, 0.29) is 0 Å². The summed E-state index contributed by atoms with van der Waals surface area (Å²) in [5.74, 6) is 0.954. The molecule has 1 aromatic heterocycles. The van der Waals surface area contributed by atoms with Crippen molar-refractivity contribution < 1.29 is 4.74 Å². The van der Waals surface area contributed by atoms with Crippen molar-refractivity contribution >= 4 is 11.6 Å². The van der Waals surface area contributed by atoms with E-state index < -0.39 is 5.69 Å². The highest BCUT2D eigenvalue weighted by Crippen LogP contribution is 2.27. The average Bonchev–Trinajstić information content (AvgIpc) is 2.25. The molecule has 5 heteroatoms. The Bertz CT molecular complexity index is 504. The Hall–Kier alpha value is -1.81. The van der Waals surface area contributed by atoms with Crippen molar-refractivity contribution in [1.29, 1.82) is 0 Å². The van der Waals surface area contributed by atoms with Crippen molar-refractivity contribution in [2.45, 2.75) is 0 Å². The normalized spacial score (nSPS) is 9.93. The summed E-state index contributed by atoms with van der Waals surface area (Å²) in [5, 5.41) is 0.503. The zero-order chi connectivity index (χ0) is 10.7. The van der Waals surface area contributed by atoms with Crippen LogP contribution >= 0.6 is 11.6 Å². The van der Waals surface area contributed by atoms with E-state index in [1.807, 2.05) is 0 Å². The molecule has 0 spiro atoms. The largest absolute Gasteiger partial charge is 0.453 e. The molecule has 4 nitrogen and oxygen atoms in total. The Morgan fingerprint density at radius 1 is 1.33 bits per heavy atom. The summed E-state index contributed by atoms with van der Waals surface area (Å²) < 4.78 is 5.40. The molecule has 0 aliphatic carbocycles. The van der Waals surface area contributed by atoms with Gasteiger partial charge in [0.2, 0.25) is 0 Å². The van der Waals surface area contributed by atoms with Gasteiger partial charge in [0, 0.05) is 0 Å². The highest BCUT2D eigenvalue weighted by molar-refractivity contribution is 6.32. The minimum absolute atomic E-state index is 0.415. The van der Waals surface area contributed by atoms with Crippen molar-refractivity contribution in [1.82, 2.24) is 9.97 Å². The Labute approximate surface area is 90.5 Å². The van der Waals surface area contributed by atoms with Gasteiger partial charge < -0.3 is 9.72 Å². The van der Waals surface area contributed by atoms with Crippen molar-refractivity contribution in [3.63, 3.8) is 0 Å². The van der Waals surface area contributed by atoms with Crippen LogP contribution in [0.5, 0.6) is 11.5 Å². The van der Waals surface area contributed by atoms with Gasteiger partial charge in [0.05, 0.1) is 17.4 Å². The van der Waals surface area contributed by atoms with Crippen LogP contribution in [0.1, 0.15) is 0 Å². The zero-order valence-electron chi connectivity index (χ0n) is 7.61. The summed E-state index contributed by atoms with van der Waals surface area (Å²) in [6.45, 7) is 0. The monoisotopic (exact) mass is 222 g/mol. The van der Waals surface area contributed by atoms with Crippen molar-refractivity contribution in [2.24, 2.45) is 0 Å². The van der Waals surface area contributed by atoms with Crippen LogP contribution in [0.25, 0.3) is 0 Å². The molecule has 0 atom stereocenters. The predicted molar refractivity (Wildman–Crippen MR) is 56.4 cm³/mol. The molecule has 0 amide bonds. The third-order valence-corrected chi connectivity index (χ3v) is 2.02. The number of benzene rings is 1. The minimum Gasteiger partial charge on any atom is -0.453 e. The molecule has 2 aromatic rings. The van der Waals surface area contributed by atoms with Crippen molar-refractivity contribution in [3.8, 4) is 11.5 Å². The van der Waals surface area contributed by atoms with Gasteiger partial charge >= 0.3 is 5.69 Å². The van der Waals surface area contributed by atoms with Gasteiger partial charge in [-0.05, 0) is 12.1 Å². The van der Waals surface area contributed by atoms with Crippen molar-refractivity contribution in [2.75, 3.05) is 0 Å². The van der Waals surface area contributed by atoms with E-state index in [0.29, 0.717) is 16.5 Å². The lowest BCUT2D eigenvalue weighted by Gasteiger charge is -2.05. The van der Waals surface area contributed by atoms with Gasteiger partial charge in [-0.3, -0.25) is 0 Å². The molecule has 1 heterocycles. The maximum Gasteiger partial charge on any atom is 0.345 e. The molecule has 1 aromatic carbocycles. The van der Waals surface area contributed by atoms with Crippen LogP contribution in [0, 0.1) is 0 Å². The maximum absolute atomic E-state index is 10.7. The van der Waals surface area contributed by atoms with Crippen LogP contribution in [0.4, 0.5) is 0 Å². The number of nitrogens with zero attached hydrogens (tertiary/aromatic N) is 1. The van der Waals surface area contributed by atoms with Crippen LogP contribution in [0.2, 0.25) is 5.02 Å². The molecule has 0 bridgehead atoms. The summed E-state index contributed by atoms with van der Waals surface area (Å²) in [4.78, 5) is 16.6. The van der Waals surface area contributed by atoms with E-state index in [4.69, 9.17) is 16.3 Å². The van der Waals surface area contributed by atoms with Gasteiger partial charge in [-0.25, -0.2) is 4.79 Å². The van der Waals surface area contributed by atoms with Crippen LogP contribution in [-0.4, -0.2) is 9.97 Å². The molecular weight excluding hydrogens is 216 g/mol. The summed E-state index contributed by atoms with van der Waals surface area (Å²) in [6, 6.07) is 7.06. The second-order valence-electron chi connectivity index (χ2n) is 2.79. The van der Waals surface area contributed by atoms with E-state index in [1.165, 1.54) is 12.4 Å². The number of hydrogen-bond acceptors (Lipinski definition) is 3. The minimum atomic E-state index is -0.415. The molecule has 0 radical (unpaired) electrons. The Kier molecular flexibility index (Phi) is 2.69. The maximum atomic E-state index is 10.7. The summed E-state index contributed by atoms with van der Waals surface area (Å²) in [5.41, 5.74) is -0.415. The second kappa shape index (κ2) is 4.14. The first kappa shape index (κ1) is 9.73. The summed E-state index contributed by atoms with van der Waals surface area (Å²) in [7, 11) is 0. The molecule has 0 aliphatic rings. The van der Waals surface area contributed by atoms with Crippen molar-refractivity contribution in [3.05, 3.63) is 52.2 Å². The number of H-pyrrole nitrogens is 1. The van der Waals surface area contributed by atoms with E-state index >= 15 is 0 Å². The Morgan fingerprint density at radius 2 is 2.13 bits per heavy atom. The van der Waals surface area contributed by atoms with E-state index in [2.05, 4.69) is 9.97 Å². The molecule has 76 valence electrons. The lowest BCUT2D eigenvalue weighted by molar-refractivity contribution is 0.477. The zero-order valence-corrected chi connectivity index (χ0v) is 8.36. The second-order valence-corrected chi connectivity index (χ2v) is 3.19. The molecule has 0 fully saturated rings. The number of halogens is 1. The lowest BCUT2D eigenvalue weighted by Crippen LogP contribution is -2.07. The molecular formula is C10H7ClN2O2. The van der Waals surface area contributed by atoms with Gasteiger partial charge in [0.25, 0.3) is 0 Å². The van der Waals surface area contributed by atoms with Gasteiger partial charge in [0.15, 0.2) is 5.75 Å². The number of aromatic amines is 1. The fourth-order valence-corrected chi connectivity index (χ4v) is 1.21. The Balaban J connectivity index is 2.26. The van der Waals surface area contributed by atoms with Gasteiger partial charge in [-0.2, -0.15) is 4.98 Å². The quantitative estimate of drug-likeness (QED) is 0.848. The number of ether oxygens (including phenoxy) is 1. The molecule has 2 rings (SSSR count). The number of hydrogen-bond donors (Lipinski definition) is 1. The summed E-state index contributed by atoms with van der Waals surface area (Å²) in [6.07, 6.45) is 2.76. The number of aromatic nitrogens is 2. The van der Waals surface area contributed by atoms with Gasteiger partial charge in [-0.1, -0.05) is 23.7 Å². The first-order valence-electron chi connectivity index (χ1n) is 4.23. The lowest BCUT2D eigenvalue weighted by atomic mass is 10.3. The third-order valence-electron chi connectivity index (χ3n) is 1.71. The van der Waals surface area contributed by atoms with Gasteiger partial charge in [0.1, 0.15) is 5.75 Å². The number of para-hydroxylation sites is 1. The van der Waals surface area contributed by atoms with Gasteiger partial charge in [-0.15, -0.1) is 0 Å². The first-order valence-corrected chi connectivity index (χ1v) is 4.60. The molecule has 0 saturated carbocycles.